The zero-order valence-corrected chi connectivity index (χ0v) is 13.5. The quantitative estimate of drug-likeness (QED) is 0.932. The number of carbonyl (C=O) groups excluding carboxylic acids is 1. The number of hydrogen-bond donors (Lipinski definition) is 1. The molecule has 1 amide bonds. The van der Waals surface area contributed by atoms with Crippen molar-refractivity contribution in [1.29, 1.82) is 0 Å². The summed E-state index contributed by atoms with van der Waals surface area (Å²) in [6.07, 6.45) is -0.622. The van der Waals surface area contributed by atoms with Gasteiger partial charge in [-0.1, -0.05) is 30.3 Å². The third-order valence-corrected chi connectivity index (χ3v) is 3.37. The van der Waals surface area contributed by atoms with Crippen LogP contribution in [0.1, 0.15) is 32.8 Å². The van der Waals surface area contributed by atoms with Gasteiger partial charge in [0.2, 0.25) is 0 Å². The Morgan fingerprint density at radius 3 is 2.59 bits per heavy atom. The number of rotatable bonds is 3. The molecule has 0 bridgehead atoms. The van der Waals surface area contributed by atoms with Gasteiger partial charge in [-0.2, -0.15) is 0 Å². The molecule has 1 aliphatic heterocycles. The van der Waals surface area contributed by atoms with Crippen LogP contribution in [0.4, 0.5) is 4.79 Å². The highest BCUT2D eigenvalue weighted by Gasteiger charge is 2.32. The van der Waals surface area contributed by atoms with Crippen LogP contribution < -0.4 is 0 Å². The SMILES string of the molecule is CC(C)(C)O[C@@H]1C[C@@H](O)CN(C(=O)OCc2ccccc2)C1. The van der Waals surface area contributed by atoms with E-state index in [1.54, 1.807) is 0 Å². The number of benzene rings is 1. The van der Waals surface area contributed by atoms with Gasteiger partial charge in [-0.15, -0.1) is 0 Å². The van der Waals surface area contributed by atoms with Crippen molar-refractivity contribution < 1.29 is 19.4 Å². The van der Waals surface area contributed by atoms with Crippen molar-refractivity contribution in [2.24, 2.45) is 0 Å². The molecule has 0 radical (unpaired) electrons. The Labute approximate surface area is 131 Å². The second-order valence-electron chi connectivity index (χ2n) is 6.69. The van der Waals surface area contributed by atoms with E-state index in [0.717, 1.165) is 5.56 Å². The molecule has 1 aromatic rings. The molecule has 22 heavy (non-hydrogen) atoms. The number of amides is 1. The van der Waals surface area contributed by atoms with Crippen molar-refractivity contribution in [3.8, 4) is 0 Å². The summed E-state index contributed by atoms with van der Waals surface area (Å²) in [5.41, 5.74) is 0.636. The first-order valence-corrected chi connectivity index (χ1v) is 7.65. The van der Waals surface area contributed by atoms with Crippen LogP contribution in [0.25, 0.3) is 0 Å². The summed E-state index contributed by atoms with van der Waals surface area (Å²) in [6.45, 7) is 6.86. The molecule has 0 spiro atoms. The normalized spacial score (nSPS) is 22.5. The van der Waals surface area contributed by atoms with Crippen LogP contribution in [0.5, 0.6) is 0 Å². The largest absolute Gasteiger partial charge is 0.445 e. The van der Waals surface area contributed by atoms with Crippen molar-refractivity contribution in [3.63, 3.8) is 0 Å². The molecule has 0 saturated carbocycles. The Morgan fingerprint density at radius 2 is 1.95 bits per heavy atom. The summed E-state index contributed by atoms with van der Waals surface area (Å²) in [7, 11) is 0. The van der Waals surface area contributed by atoms with Gasteiger partial charge in [-0.3, -0.25) is 0 Å². The molecule has 5 heteroatoms. The molecule has 1 aromatic carbocycles. The Balaban J connectivity index is 1.88. The predicted molar refractivity (Wildman–Crippen MR) is 83.4 cm³/mol. The molecule has 0 unspecified atom stereocenters. The molecular weight excluding hydrogens is 282 g/mol. The second kappa shape index (κ2) is 7.11. The predicted octanol–water partition coefficient (Wildman–Crippen LogP) is 2.57. The maximum absolute atomic E-state index is 12.2. The number of likely N-dealkylation sites (tertiary alicyclic amines) is 1. The number of hydrogen-bond acceptors (Lipinski definition) is 4. The first-order chi connectivity index (χ1) is 10.3. The highest BCUT2D eigenvalue weighted by molar-refractivity contribution is 5.67. The summed E-state index contributed by atoms with van der Waals surface area (Å²) in [5.74, 6) is 0. The summed E-state index contributed by atoms with van der Waals surface area (Å²) in [6, 6.07) is 9.54. The Morgan fingerprint density at radius 1 is 1.27 bits per heavy atom. The Hall–Kier alpha value is -1.59. The van der Waals surface area contributed by atoms with E-state index in [4.69, 9.17) is 9.47 Å². The number of aliphatic hydroxyl groups is 1. The zero-order valence-electron chi connectivity index (χ0n) is 13.5. The minimum atomic E-state index is -0.578. The van der Waals surface area contributed by atoms with Gasteiger partial charge in [-0.25, -0.2) is 4.79 Å². The number of ether oxygens (including phenoxy) is 2. The van der Waals surface area contributed by atoms with E-state index in [-0.39, 0.29) is 24.9 Å². The summed E-state index contributed by atoms with van der Waals surface area (Å²) in [5, 5.41) is 9.95. The molecular formula is C17H25NO4. The van der Waals surface area contributed by atoms with Crippen LogP contribution in [0.2, 0.25) is 0 Å². The summed E-state index contributed by atoms with van der Waals surface area (Å²) in [4.78, 5) is 13.7. The van der Waals surface area contributed by atoms with E-state index in [2.05, 4.69) is 0 Å². The van der Waals surface area contributed by atoms with Crippen LogP contribution in [0.15, 0.2) is 30.3 Å². The van der Waals surface area contributed by atoms with Crippen LogP contribution in [0.3, 0.4) is 0 Å². The number of nitrogens with zero attached hydrogens (tertiary/aromatic N) is 1. The minimum absolute atomic E-state index is 0.173. The standard InChI is InChI=1S/C17H25NO4/c1-17(2,3)22-15-9-14(19)10-18(11-15)16(20)21-12-13-7-5-4-6-8-13/h4-8,14-15,19H,9-12H2,1-3H3/t14-,15-/m1/s1. The molecule has 1 saturated heterocycles. The molecule has 2 rings (SSSR count). The topological polar surface area (TPSA) is 59.0 Å². The molecule has 0 aliphatic carbocycles. The van der Waals surface area contributed by atoms with Gasteiger partial charge in [0.05, 0.1) is 30.9 Å². The second-order valence-corrected chi connectivity index (χ2v) is 6.69. The van der Waals surface area contributed by atoms with E-state index in [1.165, 1.54) is 4.90 Å². The van der Waals surface area contributed by atoms with Crippen molar-refractivity contribution in [3.05, 3.63) is 35.9 Å². The lowest BCUT2D eigenvalue weighted by Crippen LogP contribution is -2.50. The average molecular weight is 307 g/mol. The zero-order chi connectivity index (χ0) is 16.2. The number of β-amino-alcohol motifs (C(OH)–C–C–N with tert-alkyl or cyclic N) is 1. The van der Waals surface area contributed by atoms with Crippen molar-refractivity contribution >= 4 is 6.09 Å². The third-order valence-electron chi connectivity index (χ3n) is 3.37. The number of aliphatic hydroxyl groups excluding tert-OH is 1. The smallest absolute Gasteiger partial charge is 0.410 e. The maximum Gasteiger partial charge on any atom is 0.410 e. The summed E-state index contributed by atoms with van der Waals surface area (Å²) < 4.78 is 11.2. The van der Waals surface area contributed by atoms with Gasteiger partial charge in [0.1, 0.15) is 6.61 Å². The number of piperidine rings is 1. The summed E-state index contributed by atoms with van der Waals surface area (Å²) >= 11 is 0. The Bertz CT molecular complexity index is 483. The van der Waals surface area contributed by atoms with Gasteiger partial charge in [0.25, 0.3) is 0 Å². The van der Waals surface area contributed by atoms with E-state index >= 15 is 0 Å². The lowest BCUT2D eigenvalue weighted by atomic mass is 10.0. The lowest BCUT2D eigenvalue weighted by molar-refractivity contribution is -0.106. The minimum Gasteiger partial charge on any atom is -0.445 e. The van der Waals surface area contributed by atoms with Crippen molar-refractivity contribution in [2.75, 3.05) is 13.1 Å². The van der Waals surface area contributed by atoms with Gasteiger partial charge in [0, 0.05) is 6.42 Å². The van der Waals surface area contributed by atoms with E-state index in [1.807, 2.05) is 51.1 Å². The van der Waals surface area contributed by atoms with Gasteiger partial charge >= 0.3 is 6.09 Å². The molecule has 1 aliphatic rings. The van der Waals surface area contributed by atoms with Crippen LogP contribution in [-0.4, -0.2) is 47.0 Å². The third kappa shape index (κ3) is 5.31. The fraction of sp³-hybridized carbons (Fsp3) is 0.588. The van der Waals surface area contributed by atoms with Gasteiger partial charge in [0.15, 0.2) is 0 Å². The molecule has 122 valence electrons. The Kier molecular flexibility index (Phi) is 5.42. The molecule has 0 aromatic heterocycles. The van der Waals surface area contributed by atoms with Crippen LogP contribution in [0, 0.1) is 0 Å². The van der Waals surface area contributed by atoms with Gasteiger partial charge < -0.3 is 19.5 Å². The van der Waals surface area contributed by atoms with Crippen LogP contribution >= 0.6 is 0 Å². The van der Waals surface area contributed by atoms with Crippen molar-refractivity contribution in [1.82, 2.24) is 4.90 Å². The first-order valence-electron chi connectivity index (χ1n) is 7.65. The van der Waals surface area contributed by atoms with E-state index < -0.39 is 12.2 Å². The fourth-order valence-corrected chi connectivity index (χ4v) is 2.57. The molecule has 1 fully saturated rings. The number of carbonyl (C=O) groups is 1. The molecule has 2 atom stereocenters. The molecule has 1 heterocycles. The fourth-order valence-electron chi connectivity index (χ4n) is 2.57. The van der Waals surface area contributed by atoms with E-state index in [9.17, 15) is 9.90 Å². The molecule has 1 N–H and O–H groups in total. The van der Waals surface area contributed by atoms with Crippen LogP contribution in [-0.2, 0) is 16.1 Å². The highest BCUT2D eigenvalue weighted by Crippen LogP contribution is 2.20. The maximum atomic E-state index is 12.2. The first kappa shape index (κ1) is 16.8. The van der Waals surface area contributed by atoms with Gasteiger partial charge in [-0.05, 0) is 26.3 Å². The molecule has 5 nitrogen and oxygen atoms in total. The lowest BCUT2D eigenvalue weighted by Gasteiger charge is -2.37. The van der Waals surface area contributed by atoms with Crippen molar-refractivity contribution in [2.45, 2.75) is 51.6 Å². The highest BCUT2D eigenvalue weighted by atomic mass is 16.6. The average Bonchev–Trinajstić information content (AvgIpc) is 2.43. The van der Waals surface area contributed by atoms with E-state index in [0.29, 0.717) is 13.0 Å². The monoisotopic (exact) mass is 307 g/mol.